The molecule has 3 rings (SSSR count). The number of H-pyrrole nitrogens is 1. The van der Waals surface area contributed by atoms with Crippen LogP contribution in [0.5, 0.6) is 0 Å². The van der Waals surface area contributed by atoms with Crippen LogP contribution in [0.15, 0.2) is 17.5 Å². The third kappa shape index (κ3) is 3.90. The average molecular weight is 321 g/mol. The zero-order chi connectivity index (χ0) is 15.4. The van der Waals surface area contributed by atoms with Crippen molar-refractivity contribution in [3.05, 3.63) is 34.0 Å². The summed E-state index contributed by atoms with van der Waals surface area (Å²) in [7, 11) is 0. The molecule has 0 aliphatic carbocycles. The van der Waals surface area contributed by atoms with Gasteiger partial charge in [-0.25, -0.2) is 4.98 Å². The first-order valence-electron chi connectivity index (χ1n) is 7.22. The zero-order valence-electron chi connectivity index (χ0n) is 12.4. The van der Waals surface area contributed by atoms with Gasteiger partial charge in [-0.05, 0) is 18.4 Å². The second kappa shape index (κ2) is 6.99. The van der Waals surface area contributed by atoms with Gasteiger partial charge in [0.1, 0.15) is 11.9 Å². The van der Waals surface area contributed by atoms with Crippen LogP contribution in [-0.2, 0) is 16.1 Å². The molecule has 118 valence electrons. The highest BCUT2D eigenvalue weighted by Crippen LogP contribution is 2.18. The first kappa shape index (κ1) is 15.1. The van der Waals surface area contributed by atoms with Crippen LogP contribution in [-0.4, -0.2) is 52.2 Å². The van der Waals surface area contributed by atoms with E-state index in [1.165, 1.54) is 0 Å². The highest BCUT2D eigenvalue weighted by Gasteiger charge is 2.26. The first-order valence-corrected chi connectivity index (χ1v) is 8.10. The van der Waals surface area contributed by atoms with E-state index in [4.69, 9.17) is 4.74 Å². The van der Waals surface area contributed by atoms with E-state index >= 15 is 0 Å². The van der Waals surface area contributed by atoms with E-state index in [1.54, 1.807) is 11.3 Å². The lowest BCUT2D eigenvalue weighted by Gasteiger charge is -2.30. The Morgan fingerprint density at radius 3 is 3.27 bits per heavy atom. The molecule has 1 saturated heterocycles. The summed E-state index contributed by atoms with van der Waals surface area (Å²) in [4.78, 5) is 19.6. The molecular formula is C14H19N5O2S. The minimum Gasteiger partial charge on any atom is -0.367 e. The third-order valence-electron chi connectivity index (χ3n) is 3.46. The Kier molecular flexibility index (Phi) is 4.81. The van der Waals surface area contributed by atoms with Gasteiger partial charge in [-0.1, -0.05) is 6.07 Å². The van der Waals surface area contributed by atoms with Gasteiger partial charge >= 0.3 is 0 Å². The summed E-state index contributed by atoms with van der Waals surface area (Å²) in [6.45, 7) is 4.76. The molecule has 0 spiro atoms. The minimum atomic E-state index is -0.177. The smallest absolute Gasteiger partial charge is 0.234 e. The van der Waals surface area contributed by atoms with E-state index in [1.807, 2.05) is 24.4 Å². The van der Waals surface area contributed by atoms with Gasteiger partial charge in [0.2, 0.25) is 5.91 Å². The molecule has 3 heterocycles. The molecule has 2 aromatic rings. The summed E-state index contributed by atoms with van der Waals surface area (Å²) in [5.41, 5.74) is 0. The van der Waals surface area contributed by atoms with E-state index in [0.29, 0.717) is 32.1 Å². The molecule has 0 aromatic carbocycles. The van der Waals surface area contributed by atoms with Crippen molar-refractivity contribution < 1.29 is 9.53 Å². The Balaban J connectivity index is 1.48. The van der Waals surface area contributed by atoms with E-state index in [2.05, 4.69) is 25.4 Å². The monoisotopic (exact) mass is 321 g/mol. The summed E-state index contributed by atoms with van der Waals surface area (Å²) >= 11 is 1.64. The number of amides is 1. The van der Waals surface area contributed by atoms with Crippen molar-refractivity contribution >= 4 is 17.2 Å². The highest BCUT2D eigenvalue weighted by molar-refractivity contribution is 7.09. The van der Waals surface area contributed by atoms with Gasteiger partial charge in [0.25, 0.3) is 0 Å². The maximum atomic E-state index is 12.0. The van der Waals surface area contributed by atoms with Crippen molar-refractivity contribution in [2.24, 2.45) is 0 Å². The van der Waals surface area contributed by atoms with Crippen molar-refractivity contribution in [1.82, 2.24) is 25.4 Å². The second-order valence-electron chi connectivity index (χ2n) is 5.23. The van der Waals surface area contributed by atoms with Crippen LogP contribution in [0.25, 0.3) is 0 Å². The highest BCUT2D eigenvalue weighted by atomic mass is 32.1. The lowest BCUT2D eigenvalue weighted by molar-refractivity contribution is -0.124. The number of carbonyl (C=O) groups is 1. The topological polar surface area (TPSA) is 83.1 Å². The number of hydrogen-bond donors (Lipinski definition) is 2. The predicted octanol–water partition coefficient (Wildman–Crippen LogP) is 0.864. The SMILES string of the molecule is Cc1nc([C@H]2CN(CC(=O)NCc3cccs3)CCO2)n[nH]1. The fourth-order valence-electron chi connectivity index (χ4n) is 2.36. The molecule has 0 bridgehead atoms. The molecule has 22 heavy (non-hydrogen) atoms. The molecule has 0 unspecified atom stereocenters. The maximum absolute atomic E-state index is 12.0. The van der Waals surface area contributed by atoms with Crippen molar-refractivity contribution in [2.45, 2.75) is 19.6 Å². The summed E-state index contributed by atoms with van der Waals surface area (Å²) in [5.74, 6) is 1.45. The molecular weight excluding hydrogens is 302 g/mol. The Morgan fingerprint density at radius 1 is 1.64 bits per heavy atom. The molecule has 1 aliphatic rings. The fourth-order valence-corrected chi connectivity index (χ4v) is 3.01. The molecule has 1 fully saturated rings. The predicted molar refractivity (Wildman–Crippen MR) is 82.4 cm³/mol. The van der Waals surface area contributed by atoms with E-state index in [-0.39, 0.29) is 12.0 Å². The molecule has 1 amide bonds. The number of aromatic nitrogens is 3. The first-order chi connectivity index (χ1) is 10.7. The van der Waals surface area contributed by atoms with Gasteiger partial charge in [-0.3, -0.25) is 14.8 Å². The molecule has 7 nitrogen and oxygen atoms in total. The maximum Gasteiger partial charge on any atom is 0.234 e. The molecule has 0 saturated carbocycles. The molecule has 1 aliphatic heterocycles. The van der Waals surface area contributed by atoms with Gasteiger partial charge in [-0.15, -0.1) is 11.3 Å². The zero-order valence-corrected chi connectivity index (χ0v) is 13.2. The molecule has 0 radical (unpaired) electrons. The molecule has 8 heteroatoms. The van der Waals surface area contributed by atoms with Crippen LogP contribution in [0.1, 0.15) is 22.6 Å². The van der Waals surface area contributed by atoms with Gasteiger partial charge in [0.15, 0.2) is 5.82 Å². The summed E-state index contributed by atoms with van der Waals surface area (Å²) < 4.78 is 5.69. The van der Waals surface area contributed by atoms with Crippen molar-refractivity contribution in [2.75, 3.05) is 26.2 Å². The standard InChI is InChI=1S/C14H19N5O2S/c1-10-16-14(18-17-10)12-8-19(4-5-21-12)9-13(20)15-7-11-3-2-6-22-11/h2-3,6,12H,4-5,7-9H2,1H3,(H,15,20)(H,16,17,18)/t12-/m1/s1. The van der Waals surface area contributed by atoms with Gasteiger partial charge in [-0.2, -0.15) is 5.10 Å². The Morgan fingerprint density at radius 2 is 2.55 bits per heavy atom. The molecule has 2 N–H and O–H groups in total. The number of hydrogen-bond acceptors (Lipinski definition) is 6. The number of thiophene rings is 1. The van der Waals surface area contributed by atoms with Gasteiger partial charge < -0.3 is 10.1 Å². The van der Waals surface area contributed by atoms with Crippen molar-refractivity contribution in [3.8, 4) is 0 Å². The number of nitrogens with one attached hydrogen (secondary N) is 2. The summed E-state index contributed by atoms with van der Waals surface area (Å²) in [6, 6.07) is 4.00. The van der Waals surface area contributed by atoms with Crippen molar-refractivity contribution in [3.63, 3.8) is 0 Å². The number of carbonyl (C=O) groups excluding carboxylic acids is 1. The Hall–Kier alpha value is -1.77. The fraction of sp³-hybridized carbons (Fsp3) is 0.500. The average Bonchev–Trinajstić information content (AvgIpc) is 3.17. The number of rotatable bonds is 5. The number of morpholine rings is 1. The van der Waals surface area contributed by atoms with Crippen molar-refractivity contribution in [1.29, 1.82) is 0 Å². The van der Waals surface area contributed by atoms with Crippen LogP contribution in [0, 0.1) is 6.92 Å². The summed E-state index contributed by atoms with van der Waals surface area (Å²) in [5, 5.41) is 11.9. The van der Waals surface area contributed by atoms with E-state index in [0.717, 1.165) is 17.2 Å². The second-order valence-corrected chi connectivity index (χ2v) is 6.26. The van der Waals surface area contributed by atoms with E-state index in [9.17, 15) is 4.79 Å². The van der Waals surface area contributed by atoms with Crippen LogP contribution >= 0.6 is 11.3 Å². The molecule has 2 aromatic heterocycles. The normalized spacial score (nSPS) is 19.2. The number of nitrogens with zero attached hydrogens (tertiary/aromatic N) is 3. The van der Waals surface area contributed by atoms with Crippen LogP contribution in [0.4, 0.5) is 0 Å². The third-order valence-corrected chi connectivity index (χ3v) is 4.34. The van der Waals surface area contributed by atoms with E-state index < -0.39 is 0 Å². The largest absolute Gasteiger partial charge is 0.367 e. The van der Waals surface area contributed by atoms with Gasteiger partial charge in [0.05, 0.1) is 19.7 Å². The lowest BCUT2D eigenvalue weighted by Crippen LogP contribution is -2.44. The summed E-state index contributed by atoms with van der Waals surface area (Å²) in [6.07, 6.45) is -0.177. The van der Waals surface area contributed by atoms with Crippen LogP contribution < -0.4 is 5.32 Å². The Bertz CT molecular complexity index is 613. The number of ether oxygens (including phenoxy) is 1. The quantitative estimate of drug-likeness (QED) is 0.853. The number of aromatic amines is 1. The van der Waals surface area contributed by atoms with Crippen LogP contribution in [0.3, 0.4) is 0 Å². The number of aryl methyl sites for hydroxylation is 1. The minimum absolute atomic E-state index is 0.0280. The van der Waals surface area contributed by atoms with Gasteiger partial charge in [0, 0.05) is 18.0 Å². The lowest BCUT2D eigenvalue weighted by atomic mass is 10.2. The Labute approximate surface area is 132 Å². The van der Waals surface area contributed by atoms with Crippen LogP contribution in [0.2, 0.25) is 0 Å². The molecule has 1 atom stereocenters.